The number of rotatable bonds is 6. The van der Waals surface area contributed by atoms with Crippen molar-refractivity contribution < 1.29 is 0 Å². The third-order valence-electron chi connectivity index (χ3n) is 1.63. The number of allylic oxidation sites excluding steroid dienone is 2. The first-order valence-corrected chi connectivity index (χ1v) is 4.40. The molecule has 0 rings (SSSR count). The van der Waals surface area contributed by atoms with Gasteiger partial charge in [0.1, 0.15) is 0 Å². The summed E-state index contributed by atoms with van der Waals surface area (Å²) >= 11 is 0. The van der Waals surface area contributed by atoms with E-state index in [1.165, 1.54) is 18.4 Å². The lowest BCUT2D eigenvalue weighted by atomic mass is 10.2. The van der Waals surface area contributed by atoms with Crippen LogP contribution in [0.25, 0.3) is 0 Å². The molecule has 0 fully saturated rings. The summed E-state index contributed by atoms with van der Waals surface area (Å²) in [6.07, 6.45) is 7.51. The van der Waals surface area contributed by atoms with Gasteiger partial charge in [0.25, 0.3) is 0 Å². The first-order chi connectivity index (χ1) is 5.35. The van der Waals surface area contributed by atoms with Gasteiger partial charge in [0, 0.05) is 6.54 Å². The second kappa shape index (κ2) is 7.39. The summed E-state index contributed by atoms with van der Waals surface area (Å²) in [6.45, 7) is 9.13. The van der Waals surface area contributed by atoms with Gasteiger partial charge in [-0.1, -0.05) is 32.9 Å². The summed E-state index contributed by atoms with van der Waals surface area (Å²) in [5.74, 6) is 0. The van der Waals surface area contributed by atoms with Crippen molar-refractivity contribution in [2.24, 2.45) is 0 Å². The van der Waals surface area contributed by atoms with Crippen LogP contribution in [0.1, 0.15) is 33.1 Å². The molecule has 0 amide bonds. The number of hydrogen-bond donors (Lipinski definition) is 1. The van der Waals surface area contributed by atoms with Crippen molar-refractivity contribution in [1.82, 2.24) is 5.32 Å². The predicted octanol–water partition coefficient (Wildman–Crippen LogP) is 2.86. The molecule has 0 aliphatic heterocycles. The molecule has 1 N–H and O–H groups in total. The average molecular weight is 153 g/mol. The fraction of sp³-hybridized carbons (Fsp3) is 0.600. The summed E-state index contributed by atoms with van der Waals surface area (Å²) in [5, 5.41) is 3.25. The fourth-order valence-corrected chi connectivity index (χ4v) is 0.787. The first kappa shape index (κ1) is 10.3. The molecule has 0 unspecified atom stereocenters. The second-order valence-electron chi connectivity index (χ2n) is 2.58. The van der Waals surface area contributed by atoms with Crippen molar-refractivity contribution in [2.45, 2.75) is 33.1 Å². The maximum atomic E-state index is 3.72. The van der Waals surface area contributed by atoms with Gasteiger partial charge in [0.15, 0.2) is 0 Å². The van der Waals surface area contributed by atoms with E-state index in [4.69, 9.17) is 0 Å². The zero-order valence-electron chi connectivity index (χ0n) is 7.69. The minimum absolute atomic E-state index is 1.06. The Morgan fingerprint density at radius 2 is 2.18 bits per heavy atom. The zero-order valence-corrected chi connectivity index (χ0v) is 7.69. The van der Waals surface area contributed by atoms with Crippen molar-refractivity contribution in [3.05, 3.63) is 24.4 Å². The highest BCUT2D eigenvalue weighted by molar-refractivity contribution is 5.14. The Bertz CT molecular complexity index is 125. The van der Waals surface area contributed by atoms with E-state index >= 15 is 0 Å². The molecule has 0 spiro atoms. The molecule has 0 aromatic heterocycles. The van der Waals surface area contributed by atoms with Crippen LogP contribution in [0.5, 0.6) is 0 Å². The first-order valence-electron chi connectivity index (χ1n) is 4.40. The molecule has 0 aromatic carbocycles. The Balaban J connectivity index is 3.44. The molecule has 11 heavy (non-hydrogen) atoms. The molecule has 0 aliphatic carbocycles. The summed E-state index contributed by atoms with van der Waals surface area (Å²) < 4.78 is 0. The van der Waals surface area contributed by atoms with Crippen LogP contribution < -0.4 is 5.32 Å². The van der Waals surface area contributed by atoms with Crippen LogP contribution in [-0.2, 0) is 0 Å². The van der Waals surface area contributed by atoms with E-state index in [1.807, 2.05) is 6.08 Å². The van der Waals surface area contributed by atoms with E-state index in [2.05, 4.69) is 31.9 Å². The van der Waals surface area contributed by atoms with Gasteiger partial charge >= 0.3 is 0 Å². The quantitative estimate of drug-likeness (QED) is 0.457. The lowest BCUT2D eigenvalue weighted by Gasteiger charge is -2.00. The minimum Gasteiger partial charge on any atom is -0.391 e. The molecule has 0 bridgehead atoms. The normalized spacial score (nSPS) is 11.3. The zero-order chi connectivity index (χ0) is 8.53. The molecule has 0 atom stereocenters. The Morgan fingerprint density at radius 3 is 2.64 bits per heavy atom. The van der Waals surface area contributed by atoms with Gasteiger partial charge in [0.05, 0.1) is 0 Å². The van der Waals surface area contributed by atoms with Gasteiger partial charge in [-0.15, -0.1) is 0 Å². The molecule has 0 heterocycles. The van der Waals surface area contributed by atoms with Gasteiger partial charge < -0.3 is 5.32 Å². The Kier molecular flexibility index (Phi) is 6.90. The molecular weight excluding hydrogens is 134 g/mol. The highest BCUT2D eigenvalue weighted by Crippen LogP contribution is 1.98. The summed E-state index contributed by atoms with van der Waals surface area (Å²) in [5.41, 5.74) is 1.28. The van der Waals surface area contributed by atoms with Crippen molar-refractivity contribution >= 4 is 0 Å². The second-order valence-corrected chi connectivity index (χ2v) is 2.58. The largest absolute Gasteiger partial charge is 0.391 e. The van der Waals surface area contributed by atoms with E-state index in [0.29, 0.717) is 0 Å². The number of hydrogen-bond acceptors (Lipinski definition) is 1. The molecule has 0 aliphatic rings. The smallest absolute Gasteiger partial charge is 0.0141 e. The molecule has 0 aromatic rings. The Morgan fingerprint density at radius 1 is 1.45 bits per heavy atom. The van der Waals surface area contributed by atoms with Crippen LogP contribution in [0.15, 0.2) is 24.4 Å². The van der Waals surface area contributed by atoms with Crippen molar-refractivity contribution in [1.29, 1.82) is 0 Å². The highest BCUT2D eigenvalue weighted by Gasteiger charge is 1.84. The van der Waals surface area contributed by atoms with Crippen molar-refractivity contribution in [3.8, 4) is 0 Å². The third kappa shape index (κ3) is 5.71. The number of unbranched alkanes of at least 4 members (excludes halogenated alkanes) is 1. The van der Waals surface area contributed by atoms with E-state index in [-0.39, 0.29) is 0 Å². The SMILES string of the molecule is C=C/C(=C\NCCCC)CC. The van der Waals surface area contributed by atoms with Gasteiger partial charge in [-0.05, 0) is 24.6 Å². The monoisotopic (exact) mass is 153 g/mol. The van der Waals surface area contributed by atoms with Crippen LogP contribution in [0.2, 0.25) is 0 Å². The maximum absolute atomic E-state index is 3.72. The average Bonchev–Trinajstić information content (AvgIpc) is 2.05. The summed E-state index contributed by atoms with van der Waals surface area (Å²) in [6, 6.07) is 0. The van der Waals surface area contributed by atoms with Gasteiger partial charge in [-0.25, -0.2) is 0 Å². The minimum atomic E-state index is 1.06. The van der Waals surface area contributed by atoms with Crippen LogP contribution in [0.3, 0.4) is 0 Å². The van der Waals surface area contributed by atoms with E-state index in [0.717, 1.165) is 13.0 Å². The maximum Gasteiger partial charge on any atom is 0.0141 e. The van der Waals surface area contributed by atoms with Crippen LogP contribution in [-0.4, -0.2) is 6.54 Å². The molecule has 64 valence electrons. The third-order valence-corrected chi connectivity index (χ3v) is 1.63. The van der Waals surface area contributed by atoms with Crippen molar-refractivity contribution in [2.75, 3.05) is 6.54 Å². The molecule has 0 radical (unpaired) electrons. The Hall–Kier alpha value is -0.720. The molecule has 1 heteroatoms. The van der Waals surface area contributed by atoms with Crippen molar-refractivity contribution in [3.63, 3.8) is 0 Å². The molecular formula is C10H19N. The van der Waals surface area contributed by atoms with Gasteiger partial charge in [0.2, 0.25) is 0 Å². The van der Waals surface area contributed by atoms with Gasteiger partial charge in [-0.3, -0.25) is 0 Å². The lowest BCUT2D eigenvalue weighted by molar-refractivity contribution is 0.731. The molecule has 0 saturated carbocycles. The van der Waals surface area contributed by atoms with E-state index in [1.54, 1.807) is 0 Å². The van der Waals surface area contributed by atoms with Crippen LogP contribution in [0, 0.1) is 0 Å². The fourth-order valence-electron chi connectivity index (χ4n) is 0.787. The Labute approximate surface area is 70.2 Å². The summed E-state index contributed by atoms with van der Waals surface area (Å²) in [4.78, 5) is 0. The predicted molar refractivity (Wildman–Crippen MR) is 51.5 cm³/mol. The van der Waals surface area contributed by atoms with E-state index in [9.17, 15) is 0 Å². The summed E-state index contributed by atoms with van der Waals surface area (Å²) in [7, 11) is 0. The van der Waals surface area contributed by atoms with Crippen LogP contribution in [0.4, 0.5) is 0 Å². The van der Waals surface area contributed by atoms with Crippen LogP contribution >= 0.6 is 0 Å². The molecule has 0 saturated heterocycles. The standard InChI is InChI=1S/C10H19N/c1-4-7-8-11-9-10(5-2)6-3/h5,9,11H,2,4,6-8H2,1,3H3/b10-9+. The van der Waals surface area contributed by atoms with E-state index < -0.39 is 0 Å². The number of nitrogens with one attached hydrogen (secondary N) is 1. The lowest BCUT2D eigenvalue weighted by Crippen LogP contribution is -2.07. The highest BCUT2D eigenvalue weighted by atomic mass is 14.8. The van der Waals surface area contributed by atoms with Gasteiger partial charge in [-0.2, -0.15) is 0 Å². The molecule has 1 nitrogen and oxygen atoms in total. The topological polar surface area (TPSA) is 12.0 Å².